The van der Waals surface area contributed by atoms with Gasteiger partial charge in [0.2, 0.25) is 5.91 Å². The maximum Gasteiger partial charge on any atom is 0.303 e. The SMILES string of the molecule is CC(=O)OC(C)(C)CN(C)C(=O)C[C@@]1(c2ccc(Cl)cc2)CCc2cc(Cl)ccc21. The maximum absolute atomic E-state index is 13.3. The van der Waals surface area contributed by atoms with E-state index in [-0.39, 0.29) is 11.9 Å². The fourth-order valence-electron chi connectivity index (χ4n) is 4.55. The average Bonchev–Trinajstić information content (AvgIpc) is 2.99. The van der Waals surface area contributed by atoms with Crippen LogP contribution in [0.1, 0.15) is 50.3 Å². The summed E-state index contributed by atoms with van der Waals surface area (Å²) in [6, 6.07) is 13.6. The Morgan fingerprint density at radius 1 is 1.10 bits per heavy atom. The fourth-order valence-corrected chi connectivity index (χ4v) is 4.87. The van der Waals surface area contributed by atoms with E-state index in [2.05, 4.69) is 0 Å². The van der Waals surface area contributed by atoms with E-state index in [1.165, 1.54) is 12.5 Å². The molecule has 160 valence electrons. The summed E-state index contributed by atoms with van der Waals surface area (Å²) in [6.45, 7) is 5.30. The standard InChI is InChI=1S/C24H27Cl2NO3/c1-16(28)30-23(2,3)15-27(4)22(29)14-24(18-5-7-19(25)8-6-18)12-11-17-13-20(26)9-10-21(17)24/h5-10,13H,11-12,14-15H2,1-4H3/t24-/m1/s1. The third-order valence-corrected chi connectivity index (χ3v) is 6.20. The van der Waals surface area contributed by atoms with Crippen LogP contribution in [0.5, 0.6) is 0 Å². The van der Waals surface area contributed by atoms with Crippen LogP contribution >= 0.6 is 23.2 Å². The van der Waals surface area contributed by atoms with E-state index in [1.807, 2.05) is 42.5 Å². The molecule has 0 bridgehead atoms. The van der Waals surface area contributed by atoms with E-state index in [4.69, 9.17) is 27.9 Å². The van der Waals surface area contributed by atoms with Crippen LogP contribution in [-0.4, -0.2) is 36.0 Å². The zero-order chi connectivity index (χ0) is 22.1. The van der Waals surface area contributed by atoms with Crippen LogP contribution in [0.3, 0.4) is 0 Å². The molecule has 0 unspecified atom stereocenters. The minimum atomic E-state index is -0.759. The van der Waals surface area contributed by atoms with E-state index < -0.39 is 11.0 Å². The number of hydrogen-bond donors (Lipinski definition) is 0. The topological polar surface area (TPSA) is 46.6 Å². The van der Waals surface area contributed by atoms with Gasteiger partial charge in [0, 0.05) is 35.9 Å². The van der Waals surface area contributed by atoms with E-state index >= 15 is 0 Å². The van der Waals surface area contributed by atoms with Gasteiger partial charge in [0.15, 0.2) is 0 Å². The Morgan fingerprint density at radius 2 is 1.73 bits per heavy atom. The minimum Gasteiger partial charge on any atom is -0.458 e. The van der Waals surface area contributed by atoms with Crippen molar-refractivity contribution >= 4 is 35.1 Å². The van der Waals surface area contributed by atoms with Crippen molar-refractivity contribution < 1.29 is 14.3 Å². The van der Waals surface area contributed by atoms with Crippen molar-refractivity contribution in [3.8, 4) is 0 Å². The second-order valence-electron chi connectivity index (χ2n) is 8.67. The van der Waals surface area contributed by atoms with Gasteiger partial charge in [-0.05, 0) is 67.6 Å². The molecule has 0 saturated carbocycles. The van der Waals surface area contributed by atoms with Gasteiger partial charge in [-0.25, -0.2) is 0 Å². The van der Waals surface area contributed by atoms with Crippen LogP contribution < -0.4 is 0 Å². The highest BCUT2D eigenvalue weighted by Crippen LogP contribution is 2.47. The lowest BCUT2D eigenvalue weighted by molar-refractivity contribution is -0.157. The number of amides is 1. The van der Waals surface area contributed by atoms with Crippen molar-refractivity contribution in [2.75, 3.05) is 13.6 Å². The zero-order valence-electron chi connectivity index (χ0n) is 17.8. The van der Waals surface area contributed by atoms with Gasteiger partial charge in [0.25, 0.3) is 0 Å². The molecule has 0 saturated heterocycles. The molecule has 2 aromatic rings. The summed E-state index contributed by atoms with van der Waals surface area (Å²) in [6.07, 6.45) is 1.99. The third kappa shape index (κ3) is 4.81. The highest BCUT2D eigenvalue weighted by atomic mass is 35.5. The smallest absolute Gasteiger partial charge is 0.303 e. The molecule has 1 atom stereocenters. The van der Waals surface area contributed by atoms with Crippen LogP contribution in [0.4, 0.5) is 0 Å². The first-order valence-electron chi connectivity index (χ1n) is 10.0. The summed E-state index contributed by atoms with van der Waals surface area (Å²) in [7, 11) is 1.75. The Labute approximate surface area is 188 Å². The number of likely N-dealkylation sites (N-methyl/N-ethyl adjacent to an activating group) is 1. The molecular weight excluding hydrogens is 421 g/mol. The van der Waals surface area contributed by atoms with E-state index in [0.717, 1.165) is 24.0 Å². The first-order chi connectivity index (χ1) is 14.0. The van der Waals surface area contributed by atoms with Crippen LogP contribution in [0, 0.1) is 0 Å². The first-order valence-corrected chi connectivity index (χ1v) is 10.8. The molecule has 0 spiro atoms. The molecule has 0 aromatic heterocycles. The maximum atomic E-state index is 13.3. The molecule has 0 radical (unpaired) electrons. The second kappa shape index (κ2) is 8.60. The molecule has 0 N–H and O–H groups in total. The van der Waals surface area contributed by atoms with Gasteiger partial charge in [-0.2, -0.15) is 0 Å². The lowest BCUT2D eigenvalue weighted by Crippen LogP contribution is -2.44. The molecule has 4 nitrogen and oxygen atoms in total. The van der Waals surface area contributed by atoms with Crippen LogP contribution in [0.25, 0.3) is 0 Å². The number of aryl methyl sites for hydroxylation is 1. The Balaban J connectivity index is 1.93. The molecule has 1 amide bonds. The Hall–Kier alpha value is -2.04. The molecule has 2 aromatic carbocycles. The molecular formula is C24H27Cl2NO3. The molecule has 1 aliphatic rings. The van der Waals surface area contributed by atoms with Gasteiger partial charge in [0.05, 0.1) is 6.54 Å². The number of esters is 1. The summed E-state index contributed by atoms with van der Waals surface area (Å²) < 4.78 is 5.36. The molecule has 0 heterocycles. The highest BCUT2D eigenvalue weighted by molar-refractivity contribution is 6.30. The van der Waals surface area contributed by atoms with Crippen molar-refractivity contribution in [1.82, 2.24) is 4.90 Å². The predicted octanol–water partition coefficient (Wildman–Crippen LogP) is 5.42. The normalized spacial score (nSPS) is 18.1. The Bertz CT molecular complexity index is 955. The highest BCUT2D eigenvalue weighted by Gasteiger charge is 2.43. The fraction of sp³-hybridized carbons (Fsp3) is 0.417. The number of carbonyl (C=O) groups excluding carboxylic acids is 2. The molecule has 0 fully saturated rings. The van der Waals surface area contributed by atoms with E-state index in [0.29, 0.717) is 23.0 Å². The average molecular weight is 448 g/mol. The van der Waals surface area contributed by atoms with Gasteiger partial charge in [-0.3, -0.25) is 9.59 Å². The third-order valence-electron chi connectivity index (χ3n) is 5.72. The van der Waals surface area contributed by atoms with Crippen LogP contribution in [-0.2, 0) is 26.2 Å². The Kier molecular flexibility index (Phi) is 6.49. The number of hydrogen-bond acceptors (Lipinski definition) is 3. The summed E-state index contributed by atoms with van der Waals surface area (Å²) in [5, 5.41) is 1.36. The number of nitrogens with zero attached hydrogens (tertiary/aromatic N) is 1. The van der Waals surface area contributed by atoms with Gasteiger partial charge >= 0.3 is 5.97 Å². The van der Waals surface area contributed by atoms with E-state index in [9.17, 15) is 9.59 Å². The monoisotopic (exact) mass is 447 g/mol. The van der Waals surface area contributed by atoms with Crippen molar-refractivity contribution in [1.29, 1.82) is 0 Å². The summed E-state index contributed by atoms with van der Waals surface area (Å²) in [5.41, 5.74) is 2.17. The molecule has 0 aliphatic heterocycles. The lowest BCUT2D eigenvalue weighted by Gasteiger charge is -2.35. The number of benzene rings is 2. The van der Waals surface area contributed by atoms with Crippen molar-refractivity contribution in [2.24, 2.45) is 0 Å². The zero-order valence-corrected chi connectivity index (χ0v) is 19.3. The van der Waals surface area contributed by atoms with Crippen LogP contribution in [0.2, 0.25) is 10.0 Å². The Morgan fingerprint density at radius 3 is 2.37 bits per heavy atom. The van der Waals surface area contributed by atoms with Gasteiger partial charge in [-0.15, -0.1) is 0 Å². The van der Waals surface area contributed by atoms with Gasteiger partial charge in [0.1, 0.15) is 5.60 Å². The number of rotatable bonds is 6. The van der Waals surface area contributed by atoms with Crippen molar-refractivity contribution in [3.05, 3.63) is 69.2 Å². The molecule has 30 heavy (non-hydrogen) atoms. The molecule has 1 aliphatic carbocycles. The van der Waals surface area contributed by atoms with Crippen molar-refractivity contribution in [2.45, 2.75) is 51.0 Å². The number of halogens is 2. The first kappa shape index (κ1) is 22.6. The molecule has 6 heteroatoms. The van der Waals surface area contributed by atoms with E-state index in [1.54, 1.807) is 25.8 Å². The van der Waals surface area contributed by atoms with Gasteiger partial charge in [-0.1, -0.05) is 41.4 Å². The number of carbonyl (C=O) groups is 2. The second-order valence-corrected chi connectivity index (χ2v) is 9.54. The quantitative estimate of drug-likeness (QED) is 0.555. The number of fused-ring (bicyclic) bond motifs is 1. The summed E-state index contributed by atoms with van der Waals surface area (Å²) in [5.74, 6) is -0.368. The predicted molar refractivity (Wildman–Crippen MR) is 120 cm³/mol. The summed E-state index contributed by atoms with van der Waals surface area (Å²) >= 11 is 12.3. The minimum absolute atomic E-state index is 0.00650. The largest absolute Gasteiger partial charge is 0.458 e. The van der Waals surface area contributed by atoms with Gasteiger partial charge < -0.3 is 9.64 Å². The summed E-state index contributed by atoms with van der Waals surface area (Å²) in [4.78, 5) is 26.3. The number of ether oxygens (including phenoxy) is 1. The van der Waals surface area contributed by atoms with Crippen molar-refractivity contribution in [3.63, 3.8) is 0 Å². The molecule has 3 rings (SSSR count). The lowest BCUT2D eigenvalue weighted by atomic mass is 9.72. The van der Waals surface area contributed by atoms with Crippen LogP contribution in [0.15, 0.2) is 42.5 Å².